The highest BCUT2D eigenvalue weighted by Crippen LogP contribution is 2.69. The molecule has 7 atom stereocenters. The van der Waals surface area contributed by atoms with E-state index in [9.17, 15) is 19.5 Å². The molecule has 3 aliphatic heterocycles. The second-order valence-electron chi connectivity index (χ2n) is 12.7. The number of anilines is 2. The van der Waals surface area contributed by atoms with E-state index in [1.54, 1.807) is 27.6 Å². The highest BCUT2D eigenvalue weighted by Gasteiger charge is 2.77. The van der Waals surface area contributed by atoms with Crippen LogP contribution in [0.5, 0.6) is 0 Å². The maximum Gasteiger partial charge on any atom is 0.310 e. The van der Waals surface area contributed by atoms with Crippen molar-refractivity contribution < 1.29 is 24.2 Å². The van der Waals surface area contributed by atoms with Crippen molar-refractivity contribution in [2.45, 2.75) is 82.4 Å². The number of benzene rings is 1. The summed E-state index contributed by atoms with van der Waals surface area (Å²) in [4.78, 5) is 48.7. The number of aliphatic hydroxyl groups excluding tert-OH is 1. The van der Waals surface area contributed by atoms with Gasteiger partial charge in [-0.15, -0.1) is 24.9 Å². The lowest BCUT2D eigenvalue weighted by Crippen LogP contribution is -2.60. The highest BCUT2D eigenvalue weighted by atomic mass is 32.2. The summed E-state index contributed by atoms with van der Waals surface area (Å²) in [5, 5.41) is 10.5. The van der Waals surface area contributed by atoms with Crippen LogP contribution in [-0.4, -0.2) is 82.7 Å². The van der Waals surface area contributed by atoms with Crippen LogP contribution in [0.15, 0.2) is 49.6 Å². The summed E-state index contributed by atoms with van der Waals surface area (Å²) < 4.78 is 4.97. The number of hydrogen-bond acceptors (Lipinski definition) is 7. The number of likely N-dealkylation sites (tertiary alicyclic amines) is 1. The standard InChI is InChI=1S/C35H51N3O5S/c1-8-12-13-14-20-43-34(42)29-28-21-24(7)35(44-28)30(29)32(40)38(27(22-39)23(5)6)31(35)33(41)37(19-9-2)26-17-15-25(16-18-26)36(10-3)11-4/h8-9,15-18,23-24,27-31,39H,1-2,10-14,19-22H2,3-7H3/t24?,27-,28+,29-,30-,31?,35?/m0/s1. The average molecular weight is 626 g/mol. The first-order valence-electron chi connectivity index (χ1n) is 16.3. The molecule has 0 saturated carbocycles. The molecule has 0 aromatic heterocycles. The Morgan fingerprint density at radius 1 is 1.14 bits per heavy atom. The first-order valence-corrected chi connectivity index (χ1v) is 17.2. The lowest BCUT2D eigenvalue weighted by molar-refractivity contribution is -0.155. The fourth-order valence-electron chi connectivity index (χ4n) is 7.68. The van der Waals surface area contributed by atoms with Crippen LogP contribution in [0.2, 0.25) is 0 Å². The van der Waals surface area contributed by atoms with Gasteiger partial charge in [-0.2, -0.15) is 0 Å². The molecule has 3 fully saturated rings. The maximum absolute atomic E-state index is 14.9. The lowest BCUT2D eigenvalue weighted by atomic mass is 9.66. The van der Waals surface area contributed by atoms with Crippen molar-refractivity contribution in [3.05, 3.63) is 49.6 Å². The Bertz CT molecular complexity index is 1200. The van der Waals surface area contributed by atoms with Gasteiger partial charge >= 0.3 is 5.97 Å². The molecule has 9 heteroatoms. The van der Waals surface area contributed by atoms with E-state index in [-0.39, 0.29) is 48.0 Å². The number of thioether (sulfide) groups is 1. The Hall–Kier alpha value is -2.78. The molecule has 1 aromatic carbocycles. The first-order chi connectivity index (χ1) is 21.1. The first kappa shape index (κ1) is 34.1. The number of amides is 2. The fourth-order valence-corrected chi connectivity index (χ4v) is 10.1. The number of aliphatic hydroxyl groups is 1. The zero-order chi connectivity index (χ0) is 32.2. The van der Waals surface area contributed by atoms with Crippen LogP contribution >= 0.6 is 11.8 Å². The average Bonchev–Trinajstić information content (AvgIpc) is 3.60. The molecule has 3 aliphatic rings. The van der Waals surface area contributed by atoms with Gasteiger partial charge in [0, 0.05) is 36.3 Å². The van der Waals surface area contributed by atoms with E-state index in [1.807, 2.05) is 44.2 Å². The Balaban J connectivity index is 1.74. The van der Waals surface area contributed by atoms with Gasteiger partial charge < -0.3 is 24.5 Å². The predicted octanol–water partition coefficient (Wildman–Crippen LogP) is 5.31. The van der Waals surface area contributed by atoms with Gasteiger partial charge in [-0.25, -0.2) is 0 Å². The van der Waals surface area contributed by atoms with Crippen molar-refractivity contribution in [3.8, 4) is 0 Å². The minimum absolute atomic E-state index is 0.0178. The molecule has 1 N–H and O–H groups in total. The van der Waals surface area contributed by atoms with Crippen molar-refractivity contribution in [2.75, 3.05) is 42.6 Å². The smallest absolute Gasteiger partial charge is 0.310 e. The van der Waals surface area contributed by atoms with E-state index in [2.05, 4.69) is 38.8 Å². The summed E-state index contributed by atoms with van der Waals surface area (Å²) in [6, 6.07) is 6.55. The minimum atomic E-state index is -0.836. The van der Waals surface area contributed by atoms with Crippen LogP contribution in [0, 0.1) is 23.7 Å². The molecule has 3 unspecified atom stereocenters. The van der Waals surface area contributed by atoms with E-state index in [0.717, 1.165) is 50.1 Å². The largest absolute Gasteiger partial charge is 0.465 e. The zero-order valence-electron chi connectivity index (χ0n) is 27.1. The zero-order valence-corrected chi connectivity index (χ0v) is 27.9. The number of fused-ring (bicyclic) bond motifs is 1. The molecule has 3 saturated heterocycles. The minimum Gasteiger partial charge on any atom is -0.465 e. The van der Waals surface area contributed by atoms with Crippen LogP contribution < -0.4 is 9.80 Å². The molecule has 0 radical (unpaired) electrons. The predicted molar refractivity (Wildman–Crippen MR) is 179 cm³/mol. The van der Waals surface area contributed by atoms with Gasteiger partial charge in [0.05, 0.1) is 35.8 Å². The Labute approximate surface area is 267 Å². The van der Waals surface area contributed by atoms with Crippen molar-refractivity contribution in [1.29, 1.82) is 0 Å². The number of nitrogens with zero attached hydrogens (tertiary/aromatic N) is 3. The highest BCUT2D eigenvalue weighted by molar-refractivity contribution is 8.02. The van der Waals surface area contributed by atoms with Crippen LogP contribution in [0.25, 0.3) is 0 Å². The SMILES string of the molecule is C=CCCCCOC(=O)[C@@H]1[C@H]2C(=O)N([C@@H](CO)C(C)C)C(C(=O)N(CC=C)c3ccc(N(CC)CC)cc3)C23S[C@@H]1CC3C. The van der Waals surface area contributed by atoms with Crippen molar-refractivity contribution in [3.63, 3.8) is 0 Å². The number of carbonyl (C=O) groups is 3. The molecule has 242 valence electrons. The number of hydrogen-bond donors (Lipinski definition) is 1. The van der Waals surface area contributed by atoms with Gasteiger partial charge in [0.15, 0.2) is 0 Å². The third kappa shape index (κ3) is 5.94. The molecule has 4 rings (SSSR count). The monoisotopic (exact) mass is 625 g/mol. The van der Waals surface area contributed by atoms with Crippen molar-refractivity contribution in [1.82, 2.24) is 4.90 Å². The molecule has 1 aromatic rings. The summed E-state index contributed by atoms with van der Waals surface area (Å²) in [6.07, 6.45) is 6.76. The molecular weight excluding hydrogens is 574 g/mol. The van der Waals surface area contributed by atoms with Crippen molar-refractivity contribution in [2.24, 2.45) is 23.7 Å². The number of rotatable bonds is 16. The van der Waals surface area contributed by atoms with Crippen LogP contribution in [0.3, 0.4) is 0 Å². The third-order valence-electron chi connectivity index (χ3n) is 9.92. The van der Waals surface area contributed by atoms with Crippen molar-refractivity contribution >= 4 is 40.9 Å². The molecule has 2 bridgehead atoms. The van der Waals surface area contributed by atoms with Gasteiger partial charge in [0.25, 0.3) is 5.91 Å². The Morgan fingerprint density at radius 2 is 1.80 bits per heavy atom. The number of ether oxygens (including phenoxy) is 1. The van der Waals surface area contributed by atoms with E-state index in [0.29, 0.717) is 6.61 Å². The maximum atomic E-state index is 14.9. The molecule has 44 heavy (non-hydrogen) atoms. The lowest BCUT2D eigenvalue weighted by Gasteiger charge is -2.42. The van der Waals surface area contributed by atoms with Gasteiger partial charge in [-0.1, -0.05) is 32.9 Å². The summed E-state index contributed by atoms with van der Waals surface area (Å²) in [6.45, 7) is 20.0. The number of esters is 1. The van der Waals surface area contributed by atoms with Gasteiger partial charge in [-0.05, 0) is 75.6 Å². The Kier molecular flexibility index (Phi) is 11.3. The topological polar surface area (TPSA) is 90.4 Å². The molecular formula is C35H51N3O5S. The number of allylic oxidation sites excluding steroid dienone is 1. The summed E-state index contributed by atoms with van der Waals surface area (Å²) in [7, 11) is 0. The summed E-state index contributed by atoms with van der Waals surface area (Å²) in [5.41, 5.74) is 1.80. The van der Waals surface area contributed by atoms with Gasteiger partial charge in [-0.3, -0.25) is 14.4 Å². The van der Waals surface area contributed by atoms with E-state index < -0.39 is 28.7 Å². The summed E-state index contributed by atoms with van der Waals surface area (Å²) >= 11 is 1.63. The van der Waals surface area contributed by atoms with Crippen LogP contribution in [0.4, 0.5) is 11.4 Å². The second kappa shape index (κ2) is 14.5. The molecule has 1 spiro atoms. The normalized spacial score (nSPS) is 27.8. The van der Waals surface area contributed by atoms with E-state index >= 15 is 0 Å². The second-order valence-corrected chi connectivity index (χ2v) is 14.2. The quantitative estimate of drug-likeness (QED) is 0.151. The molecule has 0 aliphatic carbocycles. The number of unbranched alkanes of at least 4 members (excludes halogenated alkanes) is 2. The third-order valence-corrected chi connectivity index (χ3v) is 12.0. The van der Waals surface area contributed by atoms with Crippen LogP contribution in [-0.2, 0) is 19.1 Å². The van der Waals surface area contributed by atoms with Crippen LogP contribution in [0.1, 0.15) is 60.3 Å². The fraction of sp³-hybridized carbons (Fsp3) is 0.629. The molecule has 3 heterocycles. The van der Waals surface area contributed by atoms with E-state index in [1.165, 1.54) is 0 Å². The summed E-state index contributed by atoms with van der Waals surface area (Å²) in [5.74, 6) is -2.14. The molecule has 2 amide bonds. The van der Waals surface area contributed by atoms with E-state index in [4.69, 9.17) is 4.74 Å². The molecule has 8 nitrogen and oxygen atoms in total. The number of carbonyl (C=O) groups excluding carboxylic acids is 3. The Morgan fingerprint density at radius 3 is 2.36 bits per heavy atom. The van der Waals surface area contributed by atoms with Gasteiger partial charge in [0.1, 0.15) is 6.04 Å². The van der Waals surface area contributed by atoms with Gasteiger partial charge in [0.2, 0.25) is 5.91 Å².